The summed E-state index contributed by atoms with van der Waals surface area (Å²) in [6.07, 6.45) is 2.47. The number of nitrogens with one attached hydrogen (secondary N) is 2. The van der Waals surface area contributed by atoms with Crippen LogP contribution in [-0.2, 0) is 11.3 Å². The molecule has 1 aromatic carbocycles. The molecule has 1 atom stereocenters. The molecule has 1 aliphatic heterocycles. The number of ether oxygens (including phenoxy) is 1. The molecule has 1 aromatic heterocycles. The van der Waals surface area contributed by atoms with Gasteiger partial charge >= 0.3 is 0 Å². The Morgan fingerprint density at radius 3 is 2.96 bits per heavy atom. The molecule has 6 nitrogen and oxygen atoms in total. The number of para-hydroxylation sites is 1. The number of rotatable bonds is 7. The van der Waals surface area contributed by atoms with Crippen LogP contribution in [-0.4, -0.2) is 57.3 Å². The lowest BCUT2D eigenvalue weighted by molar-refractivity contribution is 0.141. The molecule has 3 rings (SSSR count). The van der Waals surface area contributed by atoms with E-state index in [9.17, 15) is 0 Å². The summed E-state index contributed by atoms with van der Waals surface area (Å²) in [4.78, 5) is 6.84. The molecule has 0 bridgehead atoms. The summed E-state index contributed by atoms with van der Waals surface area (Å²) in [6.45, 7) is 6.55. The van der Waals surface area contributed by atoms with Gasteiger partial charge in [-0.25, -0.2) is 0 Å². The van der Waals surface area contributed by atoms with Crippen molar-refractivity contribution in [1.82, 2.24) is 15.5 Å². The van der Waals surface area contributed by atoms with Gasteiger partial charge in [-0.1, -0.05) is 18.2 Å². The van der Waals surface area contributed by atoms with Crippen molar-refractivity contribution < 1.29 is 9.15 Å². The van der Waals surface area contributed by atoms with Gasteiger partial charge in [0.2, 0.25) is 0 Å². The highest BCUT2D eigenvalue weighted by Crippen LogP contribution is 2.24. The van der Waals surface area contributed by atoms with E-state index in [2.05, 4.69) is 33.5 Å². The summed E-state index contributed by atoms with van der Waals surface area (Å²) in [7, 11) is 3.56. The average molecular weight is 358 g/mol. The summed E-state index contributed by atoms with van der Waals surface area (Å²) in [6, 6.07) is 8.68. The molecule has 26 heavy (non-hydrogen) atoms. The third-order valence-corrected chi connectivity index (χ3v) is 5.17. The average Bonchev–Trinajstić information content (AvgIpc) is 3.25. The van der Waals surface area contributed by atoms with Crippen molar-refractivity contribution in [3.63, 3.8) is 0 Å². The van der Waals surface area contributed by atoms with Crippen LogP contribution in [0.1, 0.15) is 24.2 Å². The molecule has 1 unspecified atom stereocenters. The Hall–Kier alpha value is -2.05. The normalized spacial score (nSPS) is 18.6. The fourth-order valence-corrected chi connectivity index (χ4v) is 3.62. The smallest absolute Gasteiger partial charge is 0.191 e. The molecule has 6 heteroatoms. The molecule has 142 valence electrons. The Kier molecular flexibility index (Phi) is 6.52. The lowest BCUT2D eigenvalue weighted by Crippen LogP contribution is -2.45. The van der Waals surface area contributed by atoms with Crippen molar-refractivity contribution in [1.29, 1.82) is 0 Å². The molecular formula is C20H30N4O2. The molecule has 0 spiro atoms. The van der Waals surface area contributed by atoms with E-state index in [1.165, 1.54) is 23.8 Å². The maximum absolute atomic E-state index is 5.97. The van der Waals surface area contributed by atoms with Gasteiger partial charge in [-0.2, -0.15) is 0 Å². The van der Waals surface area contributed by atoms with Crippen LogP contribution in [0, 0.1) is 6.92 Å². The van der Waals surface area contributed by atoms with E-state index in [4.69, 9.17) is 9.15 Å². The van der Waals surface area contributed by atoms with Crippen molar-refractivity contribution in [3.8, 4) is 0 Å². The number of likely N-dealkylation sites (tertiary alicyclic amines) is 1. The van der Waals surface area contributed by atoms with Gasteiger partial charge in [-0.05, 0) is 32.4 Å². The van der Waals surface area contributed by atoms with Crippen molar-refractivity contribution >= 4 is 16.9 Å². The number of aliphatic imine (C=N–C) groups is 1. The number of methoxy groups -OCH3 is 1. The third kappa shape index (κ3) is 4.37. The predicted octanol–water partition coefficient (Wildman–Crippen LogP) is 2.52. The molecular weight excluding hydrogens is 328 g/mol. The summed E-state index contributed by atoms with van der Waals surface area (Å²) >= 11 is 0. The number of furan rings is 1. The van der Waals surface area contributed by atoms with E-state index in [1.807, 2.05) is 18.2 Å². The number of guanidine groups is 1. The molecule has 0 amide bonds. The van der Waals surface area contributed by atoms with Crippen LogP contribution in [0.5, 0.6) is 0 Å². The minimum atomic E-state index is 0.539. The number of fused-ring (bicyclic) bond motifs is 1. The number of nitrogens with zero attached hydrogens (tertiary/aromatic N) is 2. The Balaban J connectivity index is 1.52. The zero-order valence-corrected chi connectivity index (χ0v) is 16.0. The first kappa shape index (κ1) is 18.7. The zero-order valence-electron chi connectivity index (χ0n) is 16.0. The molecule has 2 aromatic rings. The maximum Gasteiger partial charge on any atom is 0.191 e. The van der Waals surface area contributed by atoms with Crippen LogP contribution < -0.4 is 10.6 Å². The molecule has 0 radical (unpaired) electrons. The summed E-state index contributed by atoms with van der Waals surface area (Å²) < 4.78 is 11.2. The molecule has 1 saturated heterocycles. The van der Waals surface area contributed by atoms with Gasteiger partial charge in [0.1, 0.15) is 11.3 Å². The Morgan fingerprint density at radius 1 is 1.35 bits per heavy atom. The highest BCUT2D eigenvalue weighted by Gasteiger charge is 2.24. The van der Waals surface area contributed by atoms with E-state index in [-0.39, 0.29) is 0 Å². The van der Waals surface area contributed by atoms with Crippen molar-refractivity contribution in [2.45, 2.75) is 32.4 Å². The first-order valence-corrected chi connectivity index (χ1v) is 9.37. The van der Waals surface area contributed by atoms with Gasteiger partial charge in [0, 0.05) is 44.2 Å². The van der Waals surface area contributed by atoms with Crippen LogP contribution in [0.25, 0.3) is 11.0 Å². The molecule has 1 fully saturated rings. The second-order valence-corrected chi connectivity index (χ2v) is 6.78. The van der Waals surface area contributed by atoms with E-state index in [0.717, 1.165) is 43.5 Å². The van der Waals surface area contributed by atoms with Crippen molar-refractivity contribution in [2.24, 2.45) is 4.99 Å². The van der Waals surface area contributed by atoms with Gasteiger partial charge in [0.25, 0.3) is 0 Å². The Morgan fingerprint density at radius 2 is 2.19 bits per heavy atom. The first-order chi connectivity index (χ1) is 12.7. The maximum atomic E-state index is 5.97. The van der Waals surface area contributed by atoms with Crippen LogP contribution in [0.15, 0.2) is 33.7 Å². The summed E-state index contributed by atoms with van der Waals surface area (Å²) in [5, 5.41) is 8.00. The zero-order chi connectivity index (χ0) is 18.4. The predicted molar refractivity (Wildman–Crippen MR) is 106 cm³/mol. The molecule has 2 N–H and O–H groups in total. The Bertz CT molecular complexity index is 740. The lowest BCUT2D eigenvalue weighted by atomic mass is 10.1. The number of hydrogen-bond acceptors (Lipinski definition) is 4. The van der Waals surface area contributed by atoms with Gasteiger partial charge in [-0.3, -0.25) is 9.89 Å². The molecule has 0 aliphatic carbocycles. The van der Waals surface area contributed by atoms with Crippen LogP contribution in [0.3, 0.4) is 0 Å². The highest BCUT2D eigenvalue weighted by molar-refractivity contribution is 5.82. The lowest BCUT2D eigenvalue weighted by Gasteiger charge is -2.25. The van der Waals surface area contributed by atoms with Crippen LogP contribution in [0.4, 0.5) is 0 Å². The van der Waals surface area contributed by atoms with Gasteiger partial charge in [0.05, 0.1) is 13.2 Å². The Labute approximate surface area is 155 Å². The van der Waals surface area contributed by atoms with Crippen molar-refractivity contribution in [2.75, 3.05) is 40.4 Å². The standard InChI is InChI=1S/C20H30N4O2/c1-15-17-8-4-5-9-18(17)26-19(15)14-23-20(21-2)22-13-16-7-6-10-24(16)11-12-25-3/h4-5,8-9,16H,6-7,10-14H2,1-3H3,(H2,21,22,23). The molecule has 1 aliphatic rings. The minimum absolute atomic E-state index is 0.539. The monoisotopic (exact) mass is 358 g/mol. The molecule has 0 saturated carbocycles. The minimum Gasteiger partial charge on any atom is -0.459 e. The number of hydrogen-bond donors (Lipinski definition) is 2. The van der Waals surface area contributed by atoms with E-state index in [0.29, 0.717) is 12.6 Å². The SMILES string of the molecule is CN=C(NCc1oc2ccccc2c1C)NCC1CCCN1CCOC. The molecule has 2 heterocycles. The highest BCUT2D eigenvalue weighted by atomic mass is 16.5. The van der Waals surface area contributed by atoms with E-state index in [1.54, 1.807) is 14.2 Å². The quantitative estimate of drug-likeness (QED) is 0.588. The third-order valence-electron chi connectivity index (χ3n) is 5.17. The fourth-order valence-electron chi connectivity index (χ4n) is 3.62. The van der Waals surface area contributed by atoms with E-state index >= 15 is 0 Å². The fraction of sp³-hybridized carbons (Fsp3) is 0.550. The second kappa shape index (κ2) is 9.05. The van der Waals surface area contributed by atoms with Crippen LogP contribution >= 0.6 is 0 Å². The first-order valence-electron chi connectivity index (χ1n) is 9.37. The summed E-state index contributed by atoms with van der Waals surface area (Å²) in [5.41, 5.74) is 2.12. The van der Waals surface area contributed by atoms with Gasteiger partial charge < -0.3 is 19.8 Å². The summed E-state index contributed by atoms with van der Waals surface area (Å²) in [5.74, 6) is 1.76. The topological polar surface area (TPSA) is 62.0 Å². The van der Waals surface area contributed by atoms with Gasteiger partial charge in [0.15, 0.2) is 5.96 Å². The second-order valence-electron chi connectivity index (χ2n) is 6.78. The largest absolute Gasteiger partial charge is 0.459 e. The van der Waals surface area contributed by atoms with Crippen molar-refractivity contribution in [3.05, 3.63) is 35.6 Å². The number of aryl methyl sites for hydroxylation is 1. The van der Waals surface area contributed by atoms with Gasteiger partial charge in [-0.15, -0.1) is 0 Å². The number of benzene rings is 1. The van der Waals surface area contributed by atoms with E-state index < -0.39 is 0 Å². The van der Waals surface area contributed by atoms with Crippen LogP contribution in [0.2, 0.25) is 0 Å².